The van der Waals surface area contributed by atoms with E-state index in [2.05, 4.69) is 10.4 Å². The number of anilines is 1. The van der Waals surface area contributed by atoms with Crippen LogP contribution in [0, 0.1) is 5.82 Å². The van der Waals surface area contributed by atoms with Gasteiger partial charge in [0, 0.05) is 6.07 Å². The topological polar surface area (TPSA) is 56.1 Å². The lowest BCUT2D eigenvalue weighted by atomic mass is 10.2. The fraction of sp³-hybridized carbons (Fsp3) is 0.412. The van der Waals surface area contributed by atoms with Crippen LogP contribution in [0.25, 0.3) is 0 Å². The Hall–Kier alpha value is -2.08. The summed E-state index contributed by atoms with van der Waals surface area (Å²) in [6.07, 6.45) is 6.45. The Morgan fingerprint density at radius 2 is 2.17 bits per heavy atom. The molecule has 24 heavy (non-hydrogen) atoms. The average molecular weight is 352 g/mol. The highest BCUT2D eigenvalue weighted by atomic mass is 35.5. The van der Waals surface area contributed by atoms with Crippen molar-refractivity contribution in [3.05, 3.63) is 41.3 Å². The van der Waals surface area contributed by atoms with Crippen molar-refractivity contribution in [2.75, 3.05) is 11.9 Å². The van der Waals surface area contributed by atoms with Crippen LogP contribution in [0.4, 0.5) is 10.2 Å². The first kappa shape index (κ1) is 16.8. The van der Waals surface area contributed by atoms with E-state index in [0.29, 0.717) is 17.6 Å². The molecule has 1 N–H and O–H groups in total. The van der Waals surface area contributed by atoms with Crippen LogP contribution in [0.1, 0.15) is 38.1 Å². The Balaban J connectivity index is 1.50. The Morgan fingerprint density at radius 3 is 2.92 bits per heavy atom. The molecule has 1 aromatic heterocycles. The number of rotatable bonds is 6. The van der Waals surface area contributed by atoms with Crippen molar-refractivity contribution in [1.29, 1.82) is 0 Å². The minimum atomic E-state index is -0.426. The molecule has 0 spiro atoms. The quantitative estimate of drug-likeness (QED) is 0.848. The fourth-order valence-electron chi connectivity index (χ4n) is 2.90. The first-order chi connectivity index (χ1) is 11.6. The molecule has 0 unspecified atom stereocenters. The van der Waals surface area contributed by atoms with Gasteiger partial charge >= 0.3 is 0 Å². The highest BCUT2D eigenvalue weighted by Crippen LogP contribution is 2.31. The third-order valence-corrected chi connectivity index (χ3v) is 4.38. The second-order valence-electron chi connectivity index (χ2n) is 5.82. The number of nitrogens with zero attached hydrogens (tertiary/aromatic N) is 2. The predicted molar refractivity (Wildman–Crippen MR) is 89.9 cm³/mol. The number of benzene rings is 1. The highest BCUT2D eigenvalue weighted by molar-refractivity contribution is 6.32. The Kier molecular flexibility index (Phi) is 5.35. The summed E-state index contributed by atoms with van der Waals surface area (Å²) < 4.78 is 20.3. The molecular weight excluding hydrogens is 333 g/mol. The van der Waals surface area contributed by atoms with E-state index in [-0.39, 0.29) is 24.0 Å². The number of ether oxygens (including phenoxy) is 1. The van der Waals surface area contributed by atoms with E-state index < -0.39 is 5.82 Å². The number of carbonyl (C=O) groups excluding carboxylic acids is 1. The molecule has 1 aromatic carbocycles. The molecule has 0 saturated heterocycles. The van der Waals surface area contributed by atoms with Gasteiger partial charge in [-0.3, -0.25) is 4.79 Å². The van der Waals surface area contributed by atoms with Crippen molar-refractivity contribution in [2.45, 2.75) is 38.1 Å². The van der Waals surface area contributed by atoms with Crippen LogP contribution >= 0.6 is 11.6 Å². The molecule has 3 rings (SSSR count). The van der Waals surface area contributed by atoms with Crippen molar-refractivity contribution >= 4 is 23.3 Å². The molecule has 1 fully saturated rings. The Labute approximate surface area is 144 Å². The third kappa shape index (κ3) is 4.06. The number of amides is 1. The van der Waals surface area contributed by atoms with Crippen LogP contribution in [-0.2, 0) is 4.79 Å². The number of hydrogen-bond donors (Lipinski definition) is 1. The van der Waals surface area contributed by atoms with E-state index in [1.807, 2.05) is 4.68 Å². The maximum absolute atomic E-state index is 13.0. The van der Waals surface area contributed by atoms with Crippen molar-refractivity contribution in [2.24, 2.45) is 0 Å². The summed E-state index contributed by atoms with van der Waals surface area (Å²) in [5.41, 5.74) is 0. The first-order valence-corrected chi connectivity index (χ1v) is 8.42. The van der Waals surface area contributed by atoms with Crippen molar-refractivity contribution < 1.29 is 13.9 Å². The van der Waals surface area contributed by atoms with Crippen molar-refractivity contribution in [3.63, 3.8) is 0 Å². The molecule has 1 amide bonds. The molecule has 0 aliphatic heterocycles. The van der Waals surface area contributed by atoms with Gasteiger partial charge in [-0.25, -0.2) is 9.07 Å². The van der Waals surface area contributed by atoms with Crippen LogP contribution in [0.3, 0.4) is 0 Å². The maximum atomic E-state index is 13.0. The number of halogens is 2. The van der Waals surface area contributed by atoms with Gasteiger partial charge in [0.2, 0.25) is 5.91 Å². The molecule has 7 heteroatoms. The first-order valence-electron chi connectivity index (χ1n) is 8.04. The van der Waals surface area contributed by atoms with E-state index in [1.165, 1.54) is 31.0 Å². The number of carbonyl (C=O) groups is 1. The number of nitrogens with one attached hydrogen (secondary N) is 1. The molecule has 0 radical (unpaired) electrons. The maximum Gasteiger partial charge on any atom is 0.228 e. The summed E-state index contributed by atoms with van der Waals surface area (Å²) in [6, 6.07) is 6.06. The largest absolute Gasteiger partial charge is 0.491 e. The summed E-state index contributed by atoms with van der Waals surface area (Å²) in [7, 11) is 0. The van der Waals surface area contributed by atoms with E-state index in [1.54, 1.807) is 12.3 Å². The zero-order valence-corrected chi connectivity index (χ0v) is 13.9. The molecular formula is C17H19ClFN3O2. The van der Waals surface area contributed by atoms with E-state index in [9.17, 15) is 9.18 Å². The second-order valence-corrected chi connectivity index (χ2v) is 6.23. The van der Waals surface area contributed by atoms with Crippen LogP contribution < -0.4 is 10.1 Å². The van der Waals surface area contributed by atoms with Crippen molar-refractivity contribution in [1.82, 2.24) is 9.78 Å². The molecule has 128 valence electrons. The lowest BCUT2D eigenvalue weighted by Crippen LogP contribution is -2.19. The Bertz CT molecular complexity index is 714. The molecule has 2 aromatic rings. The molecule has 0 atom stereocenters. The van der Waals surface area contributed by atoms with Gasteiger partial charge in [0.15, 0.2) is 0 Å². The third-order valence-electron chi connectivity index (χ3n) is 4.09. The van der Waals surface area contributed by atoms with Crippen LogP contribution in [0.15, 0.2) is 30.5 Å². The lowest BCUT2D eigenvalue weighted by Gasteiger charge is -2.14. The van der Waals surface area contributed by atoms with E-state index >= 15 is 0 Å². The fourth-order valence-corrected chi connectivity index (χ4v) is 3.13. The van der Waals surface area contributed by atoms with E-state index in [0.717, 1.165) is 12.8 Å². The summed E-state index contributed by atoms with van der Waals surface area (Å²) >= 11 is 5.88. The Morgan fingerprint density at radius 1 is 1.38 bits per heavy atom. The second kappa shape index (κ2) is 7.66. The summed E-state index contributed by atoms with van der Waals surface area (Å²) in [6.45, 7) is 0.161. The van der Waals surface area contributed by atoms with Crippen LogP contribution in [0.2, 0.25) is 5.02 Å². The zero-order valence-electron chi connectivity index (χ0n) is 13.2. The normalized spacial score (nSPS) is 14.8. The van der Waals surface area contributed by atoms with Crippen molar-refractivity contribution in [3.8, 4) is 5.75 Å². The SMILES string of the molecule is O=C(CCOc1ccc(F)cc1Cl)Nc1ccnn1C1CCCC1. The highest BCUT2D eigenvalue weighted by Gasteiger charge is 2.20. The van der Waals surface area contributed by atoms with Gasteiger partial charge in [-0.1, -0.05) is 24.4 Å². The minimum absolute atomic E-state index is 0.159. The van der Waals surface area contributed by atoms with Gasteiger partial charge in [0.1, 0.15) is 17.4 Å². The number of aromatic nitrogens is 2. The molecule has 1 heterocycles. The molecule has 1 saturated carbocycles. The smallest absolute Gasteiger partial charge is 0.228 e. The minimum Gasteiger partial charge on any atom is -0.491 e. The zero-order chi connectivity index (χ0) is 16.9. The van der Waals surface area contributed by atoms with Crippen LogP contribution in [-0.4, -0.2) is 22.3 Å². The lowest BCUT2D eigenvalue weighted by molar-refractivity contribution is -0.116. The summed E-state index contributed by atoms with van der Waals surface area (Å²) in [4.78, 5) is 12.1. The summed E-state index contributed by atoms with van der Waals surface area (Å²) in [5, 5.41) is 7.37. The average Bonchev–Trinajstić information content (AvgIpc) is 3.20. The molecule has 1 aliphatic carbocycles. The van der Waals surface area contributed by atoms with Gasteiger partial charge in [0.25, 0.3) is 0 Å². The number of hydrogen-bond acceptors (Lipinski definition) is 3. The van der Waals surface area contributed by atoms with Gasteiger partial charge in [-0.05, 0) is 31.0 Å². The molecule has 5 nitrogen and oxygen atoms in total. The standard InChI is InChI=1S/C17H19ClFN3O2/c18-14-11-12(19)5-6-15(14)24-10-8-17(23)21-16-7-9-20-22(16)13-3-1-2-4-13/h5-7,9,11,13H,1-4,8,10H2,(H,21,23). The molecule has 1 aliphatic rings. The van der Waals surface area contributed by atoms with Gasteiger partial charge < -0.3 is 10.1 Å². The predicted octanol–water partition coefficient (Wildman–Crippen LogP) is 4.20. The van der Waals surface area contributed by atoms with Gasteiger partial charge in [-0.15, -0.1) is 0 Å². The summed E-state index contributed by atoms with van der Waals surface area (Å²) in [5.74, 6) is 0.492. The monoisotopic (exact) mass is 351 g/mol. The van der Waals surface area contributed by atoms with Crippen LogP contribution in [0.5, 0.6) is 5.75 Å². The van der Waals surface area contributed by atoms with Gasteiger partial charge in [0.05, 0.1) is 30.3 Å². The molecule has 0 bridgehead atoms. The van der Waals surface area contributed by atoms with E-state index in [4.69, 9.17) is 16.3 Å². The van der Waals surface area contributed by atoms with Gasteiger partial charge in [-0.2, -0.15) is 5.10 Å².